The van der Waals surface area contributed by atoms with Gasteiger partial charge in [0.1, 0.15) is 22.8 Å². The lowest BCUT2D eigenvalue weighted by atomic mass is 9.80. The summed E-state index contributed by atoms with van der Waals surface area (Å²) in [5.41, 5.74) is 5.69. The summed E-state index contributed by atoms with van der Waals surface area (Å²) in [6.07, 6.45) is 4.33. The lowest BCUT2D eigenvalue weighted by Crippen LogP contribution is -2.35. The first kappa shape index (κ1) is 26.3. The number of benzene rings is 5. The van der Waals surface area contributed by atoms with Gasteiger partial charge in [-0.25, -0.2) is 0 Å². The van der Waals surface area contributed by atoms with Crippen LogP contribution in [0.4, 0.5) is 0 Å². The van der Waals surface area contributed by atoms with Gasteiger partial charge in [-0.3, -0.25) is 0 Å². The van der Waals surface area contributed by atoms with Crippen LogP contribution in [-0.2, 0) is 15.9 Å². The van der Waals surface area contributed by atoms with Crippen LogP contribution in [0.1, 0.15) is 34.7 Å². The summed E-state index contributed by atoms with van der Waals surface area (Å²) in [5, 5.41) is 11.9. The Bertz CT molecular complexity index is 1770. The molecular formula is C37H32O5. The molecule has 7 rings (SSSR count). The van der Waals surface area contributed by atoms with Crippen molar-refractivity contribution in [1.29, 1.82) is 0 Å². The first-order valence-corrected chi connectivity index (χ1v) is 14.2. The van der Waals surface area contributed by atoms with Crippen LogP contribution in [0.2, 0.25) is 0 Å². The Hall–Kier alpha value is -4.58. The normalized spacial score (nSPS) is 17.7. The molecule has 0 amide bonds. The summed E-state index contributed by atoms with van der Waals surface area (Å²) < 4.78 is 24.8. The monoisotopic (exact) mass is 556 g/mol. The fourth-order valence-corrected chi connectivity index (χ4v) is 6.67. The Kier molecular flexibility index (Phi) is 6.30. The van der Waals surface area contributed by atoms with Gasteiger partial charge in [-0.1, -0.05) is 78.9 Å². The van der Waals surface area contributed by atoms with Crippen molar-refractivity contribution in [2.24, 2.45) is 0 Å². The van der Waals surface area contributed by atoms with Gasteiger partial charge in [0.15, 0.2) is 5.60 Å². The molecule has 1 aliphatic carbocycles. The molecular weight excluding hydrogens is 524 g/mol. The maximum absolute atomic E-state index is 9.76. The third kappa shape index (κ3) is 3.78. The molecule has 2 aliphatic rings. The molecule has 42 heavy (non-hydrogen) atoms. The highest BCUT2D eigenvalue weighted by atomic mass is 16.5. The zero-order valence-electron chi connectivity index (χ0n) is 23.9. The Morgan fingerprint density at radius 2 is 1.33 bits per heavy atom. The lowest BCUT2D eigenvalue weighted by molar-refractivity contribution is -0.0188. The van der Waals surface area contributed by atoms with Crippen LogP contribution < -0.4 is 14.2 Å². The van der Waals surface area contributed by atoms with Crippen LogP contribution in [-0.4, -0.2) is 32.5 Å². The van der Waals surface area contributed by atoms with Crippen molar-refractivity contribution in [2.75, 3.05) is 27.4 Å². The Morgan fingerprint density at radius 3 is 1.95 bits per heavy atom. The summed E-state index contributed by atoms with van der Waals surface area (Å²) in [7, 11) is 3.34. The fraction of sp³-hybridized carbons (Fsp3) is 0.189. The van der Waals surface area contributed by atoms with E-state index in [1.165, 1.54) is 0 Å². The van der Waals surface area contributed by atoms with E-state index in [1.54, 1.807) is 14.2 Å². The van der Waals surface area contributed by atoms with Gasteiger partial charge in [0.05, 0.1) is 27.4 Å². The topological polar surface area (TPSA) is 57.2 Å². The second kappa shape index (κ2) is 10.1. The number of ether oxygens (including phenoxy) is 4. The van der Waals surface area contributed by atoms with Gasteiger partial charge in [-0.2, -0.15) is 0 Å². The number of rotatable bonds is 7. The highest BCUT2D eigenvalue weighted by molar-refractivity contribution is 6.08. The summed E-state index contributed by atoms with van der Waals surface area (Å²) >= 11 is 0. The van der Waals surface area contributed by atoms with Crippen molar-refractivity contribution in [3.8, 4) is 28.4 Å². The molecule has 0 bridgehead atoms. The van der Waals surface area contributed by atoms with E-state index in [9.17, 15) is 5.11 Å². The summed E-state index contributed by atoms with van der Waals surface area (Å²) in [5.74, 6) is 2.36. The summed E-state index contributed by atoms with van der Waals surface area (Å²) in [6.45, 7) is 2.26. The van der Waals surface area contributed by atoms with Crippen LogP contribution >= 0.6 is 0 Å². The average molecular weight is 557 g/mol. The maximum Gasteiger partial charge on any atom is 0.178 e. The van der Waals surface area contributed by atoms with Crippen LogP contribution in [0.25, 0.3) is 28.0 Å². The fourth-order valence-electron chi connectivity index (χ4n) is 6.67. The third-order valence-corrected chi connectivity index (χ3v) is 8.66. The molecule has 0 aromatic heterocycles. The lowest BCUT2D eigenvalue weighted by Gasteiger charge is -2.39. The molecule has 1 unspecified atom stereocenters. The first-order chi connectivity index (χ1) is 20.5. The van der Waals surface area contributed by atoms with Crippen LogP contribution in [0, 0.1) is 0 Å². The molecule has 210 valence electrons. The van der Waals surface area contributed by atoms with E-state index in [0.29, 0.717) is 0 Å². The molecule has 5 heteroatoms. The molecule has 0 spiro atoms. The van der Waals surface area contributed by atoms with Crippen molar-refractivity contribution >= 4 is 16.8 Å². The summed E-state index contributed by atoms with van der Waals surface area (Å²) in [6, 6.07) is 32.9. The molecule has 0 saturated heterocycles. The van der Waals surface area contributed by atoms with E-state index in [2.05, 4.69) is 85.8 Å². The largest absolute Gasteiger partial charge is 0.497 e. The molecule has 0 radical (unpaired) electrons. The van der Waals surface area contributed by atoms with Crippen molar-refractivity contribution < 1.29 is 24.1 Å². The molecule has 1 heterocycles. The van der Waals surface area contributed by atoms with E-state index < -0.39 is 11.2 Å². The SMILES string of the molecule is COc1ccc(C2(c3ccc(OC)cc3)C=Cc3c4c(c5ccccc5c3O2)-c2ccccc2C4(C)OCCO)cc1. The minimum atomic E-state index is -0.906. The number of methoxy groups -OCH3 is 2. The minimum Gasteiger partial charge on any atom is -0.497 e. The minimum absolute atomic E-state index is 0.0623. The Balaban J connectivity index is 1.52. The van der Waals surface area contributed by atoms with Gasteiger partial charge in [0.2, 0.25) is 0 Å². The molecule has 5 aromatic rings. The average Bonchev–Trinajstić information content (AvgIpc) is 3.32. The smallest absolute Gasteiger partial charge is 0.178 e. The van der Waals surface area contributed by atoms with Crippen molar-refractivity contribution in [3.63, 3.8) is 0 Å². The molecule has 1 N–H and O–H groups in total. The van der Waals surface area contributed by atoms with E-state index in [1.807, 2.05) is 30.3 Å². The maximum atomic E-state index is 9.76. The predicted octanol–water partition coefficient (Wildman–Crippen LogP) is 7.46. The Labute approximate surface area is 245 Å². The number of hydrogen-bond donors (Lipinski definition) is 1. The van der Waals surface area contributed by atoms with Crippen molar-refractivity contribution in [2.45, 2.75) is 18.1 Å². The van der Waals surface area contributed by atoms with Gasteiger partial charge >= 0.3 is 0 Å². The van der Waals surface area contributed by atoms with E-state index >= 15 is 0 Å². The Morgan fingerprint density at radius 1 is 0.738 bits per heavy atom. The molecule has 5 aromatic carbocycles. The molecule has 1 atom stereocenters. The molecule has 0 saturated carbocycles. The molecule has 0 fully saturated rings. The van der Waals surface area contributed by atoms with Crippen molar-refractivity contribution in [3.05, 3.63) is 131 Å². The van der Waals surface area contributed by atoms with Crippen LogP contribution in [0.3, 0.4) is 0 Å². The number of fused-ring (bicyclic) bond motifs is 8. The number of aliphatic hydroxyl groups is 1. The van der Waals surface area contributed by atoms with Crippen LogP contribution in [0.5, 0.6) is 17.2 Å². The highest BCUT2D eigenvalue weighted by Gasteiger charge is 2.46. The van der Waals surface area contributed by atoms with E-state index in [0.717, 1.165) is 67.0 Å². The van der Waals surface area contributed by atoms with Crippen LogP contribution in [0.15, 0.2) is 103 Å². The van der Waals surface area contributed by atoms with Gasteiger partial charge < -0.3 is 24.1 Å². The molecule has 1 aliphatic heterocycles. The van der Waals surface area contributed by atoms with E-state index in [-0.39, 0.29) is 13.2 Å². The van der Waals surface area contributed by atoms with Gasteiger partial charge in [-0.15, -0.1) is 0 Å². The van der Waals surface area contributed by atoms with Crippen molar-refractivity contribution in [1.82, 2.24) is 0 Å². The number of aliphatic hydroxyl groups excluding tert-OH is 1. The second-order valence-corrected chi connectivity index (χ2v) is 10.8. The van der Waals surface area contributed by atoms with Gasteiger partial charge in [0, 0.05) is 27.6 Å². The van der Waals surface area contributed by atoms with E-state index in [4.69, 9.17) is 18.9 Å². The van der Waals surface area contributed by atoms with Gasteiger partial charge in [0.25, 0.3) is 0 Å². The second-order valence-electron chi connectivity index (χ2n) is 10.8. The summed E-state index contributed by atoms with van der Waals surface area (Å²) in [4.78, 5) is 0. The highest BCUT2D eigenvalue weighted by Crippen LogP contribution is 2.58. The molecule has 5 nitrogen and oxygen atoms in total. The quantitative estimate of drug-likeness (QED) is 0.226. The zero-order valence-corrected chi connectivity index (χ0v) is 23.9. The predicted molar refractivity (Wildman–Crippen MR) is 165 cm³/mol. The standard InChI is InChI=1S/C37H32O5/c1-36(41-23-22-38)32-11-7-6-10-30(32)33-28-8-4-5-9-29(28)35-31(34(33)36)20-21-37(42-35,24-12-16-26(39-2)17-13-24)25-14-18-27(40-3)19-15-25/h4-21,38H,22-23H2,1-3H3. The third-order valence-electron chi connectivity index (χ3n) is 8.66. The number of hydrogen-bond acceptors (Lipinski definition) is 5. The first-order valence-electron chi connectivity index (χ1n) is 14.2. The van der Waals surface area contributed by atoms with Gasteiger partial charge in [-0.05, 0) is 59.3 Å². The zero-order chi connectivity index (χ0) is 28.9.